The fraction of sp³-hybridized carbons (Fsp3) is 0.929. The zero-order valence-corrected chi connectivity index (χ0v) is 10.9. The van der Waals surface area contributed by atoms with E-state index in [0.717, 1.165) is 13.0 Å². The fourth-order valence-corrected chi connectivity index (χ4v) is 4.08. The molecule has 4 unspecified atom stereocenters. The first-order valence-electron chi connectivity index (χ1n) is 7.01. The Labute approximate surface area is 103 Å². The zero-order chi connectivity index (χ0) is 12.2. The largest absolute Gasteiger partial charge is 0.480 e. The highest BCUT2D eigenvalue weighted by Crippen LogP contribution is 2.53. The van der Waals surface area contributed by atoms with Crippen molar-refractivity contribution in [3.05, 3.63) is 0 Å². The second-order valence-corrected chi connectivity index (χ2v) is 6.66. The fourth-order valence-electron chi connectivity index (χ4n) is 4.08. The lowest BCUT2D eigenvalue weighted by molar-refractivity contribution is -0.144. The maximum Gasteiger partial charge on any atom is 0.321 e. The van der Waals surface area contributed by atoms with E-state index in [2.05, 4.69) is 18.7 Å². The summed E-state index contributed by atoms with van der Waals surface area (Å²) >= 11 is 0. The predicted octanol–water partition coefficient (Wildman–Crippen LogP) is 2.36. The summed E-state index contributed by atoms with van der Waals surface area (Å²) in [6.45, 7) is 5.58. The van der Waals surface area contributed by atoms with Crippen molar-refractivity contribution >= 4 is 5.97 Å². The van der Waals surface area contributed by atoms with Gasteiger partial charge in [-0.1, -0.05) is 13.3 Å². The molecule has 4 atom stereocenters. The topological polar surface area (TPSA) is 40.5 Å². The highest BCUT2D eigenvalue weighted by molar-refractivity contribution is 5.74. The van der Waals surface area contributed by atoms with Crippen LogP contribution in [0, 0.1) is 17.3 Å². The van der Waals surface area contributed by atoms with Crippen LogP contribution >= 0.6 is 0 Å². The lowest BCUT2D eigenvalue weighted by Crippen LogP contribution is -2.47. The van der Waals surface area contributed by atoms with E-state index >= 15 is 0 Å². The SMILES string of the molecule is CC(N1CC2CCCC2C1C(=O)O)C1(C)CC1. The Bertz CT molecular complexity index is 337. The molecule has 1 heterocycles. The third-order valence-corrected chi connectivity index (χ3v) is 5.72. The molecule has 1 N–H and O–H groups in total. The number of hydrogen-bond acceptors (Lipinski definition) is 2. The quantitative estimate of drug-likeness (QED) is 0.819. The summed E-state index contributed by atoms with van der Waals surface area (Å²) in [6, 6.07) is 0.240. The number of aliphatic carboxylic acids is 1. The van der Waals surface area contributed by atoms with E-state index in [1.807, 2.05) is 0 Å². The van der Waals surface area contributed by atoms with Crippen LogP contribution in [0.4, 0.5) is 0 Å². The van der Waals surface area contributed by atoms with Crippen LogP contribution in [0.1, 0.15) is 46.0 Å². The van der Waals surface area contributed by atoms with Gasteiger partial charge in [-0.3, -0.25) is 9.69 Å². The summed E-state index contributed by atoms with van der Waals surface area (Å²) in [5, 5.41) is 9.52. The molecular weight excluding hydrogens is 214 g/mol. The van der Waals surface area contributed by atoms with Gasteiger partial charge in [-0.2, -0.15) is 0 Å². The lowest BCUT2D eigenvalue weighted by Gasteiger charge is -2.34. The van der Waals surface area contributed by atoms with Gasteiger partial charge < -0.3 is 5.11 Å². The van der Waals surface area contributed by atoms with Gasteiger partial charge in [0.05, 0.1) is 0 Å². The molecule has 1 saturated heterocycles. The lowest BCUT2D eigenvalue weighted by atomic mass is 9.93. The summed E-state index contributed by atoms with van der Waals surface area (Å²) in [4.78, 5) is 13.9. The Morgan fingerprint density at radius 3 is 2.71 bits per heavy atom. The van der Waals surface area contributed by atoms with Crippen LogP contribution in [0.15, 0.2) is 0 Å². The molecule has 3 fully saturated rings. The molecule has 3 nitrogen and oxygen atoms in total. The zero-order valence-electron chi connectivity index (χ0n) is 10.9. The van der Waals surface area contributed by atoms with Crippen molar-refractivity contribution < 1.29 is 9.90 Å². The van der Waals surface area contributed by atoms with Crippen molar-refractivity contribution in [1.29, 1.82) is 0 Å². The average molecular weight is 237 g/mol. The first-order valence-corrected chi connectivity index (χ1v) is 7.01. The minimum atomic E-state index is -0.587. The van der Waals surface area contributed by atoms with Crippen LogP contribution in [0.3, 0.4) is 0 Å². The maximum atomic E-state index is 11.6. The van der Waals surface area contributed by atoms with E-state index in [-0.39, 0.29) is 6.04 Å². The Morgan fingerprint density at radius 2 is 2.12 bits per heavy atom. The molecule has 3 rings (SSSR count). The molecule has 0 aromatic rings. The maximum absolute atomic E-state index is 11.6. The van der Waals surface area contributed by atoms with Gasteiger partial charge in [0, 0.05) is 12.6 Å². The number of fused-ring (bicyclic) bond motifs is 1. The number of likely N-dealkylation sites (tertiary alicyclic amines) is 1. The van der Waals surface area contributed by atoms with E-state index in [9.17, 15) is 9.90 Å². The van der Waals surface area contributed by atoms with E-state index in [4.69, 9.17) is 0 Å². The smallest absolute Gasteiger partial charge is 0.321 e. The molecule has 2 saturated carbocycles. The summed E-state index contributed by atoms with van der Waals surface area (Å²) in [6.07, 6.45) is 6.15. The van der Waals surface area contributed by atoms with Crippen molar-refractivity contribution in [1.82, 2.24) is 4.90 Å². The van der Waals surface area contributed by atoms with E-state index in [1.165, 1.54) is 25.7 Å². The van der Waals surface area contributed by atoms with Crippen LogP contribution < -0.4 is 0 Å². The van der Waals surface area contributed by atoms with Gasteiger partial charge in [0.1, 0.15) is 6.04 Å². The third-order valence-electron chi connectivity index (χ3n) is 5.72. The van der Waals surface area contributed by atoms with Gasteiger partial charge in [0.2, 0.25) is 0 Å². The van der Waals surface area contributed by atoms with Crippen LogP contribution in [-0.4, -0.2) is 34.6 Å². The van der Waals surface area contributed by atoms with Crippen LogP contribution in [0.5, 0.6) is 0 Å². The van der Waals surface area contributed by atoms with Gasteiger partial charge in [-0.15, -0.1) is 0 Å². The van der Waals surface area contributed by atoms with Gasteiger partial charge in [0.15, 0.2) is 0 Å². The van der Waals surface area contributed by atoms with Crippen molar-refractivity contribution in [3.63, 3.8) is 0 Å². The normalized spacial score (nSPS) is 41.2. The second kappa shape index (κ2) is 3.71. The molecule has 0 aromatic heterocycles. The van der Waals surface area contributed by atoms with Crippen molar-refractivity contribution in [2.45, 2.75) is 58.0 Å². The molecule has 0 bridgehead atoms. The Kier molecular flexibility index (Phi) is 2.51. The summed E-state index contributed by atoms with van der Waals surface area (Å²) < 4.78 is 0. The molecule has 0 radical (unpaired) electrons. The van der Waals surface area contributed by atoms with Crippen LogP contribution in [0.2, 0.25) is 0 Å². The monoisotopic (exact) mass is 237 g/mol. The van der Waals surface area contributed by atoms with Crippen molar-refractivity contribution in [3.8, 4) is 0 Å². The first kappa shape index (κ1) is 11.5. The molecule has 2 aliphatic carbocycles. The number of carboxylic acid groups (broad SMARTS) is 1. The standard InChI is InChI=1S/C14H23NO2/c1-9(14(2)6-7-14)15-8-10-4-3-5-11(10)12(15)13(16)17/h9-12H,3-8H2,1-2H3,(H,16,17). The van der Waals surface area contributed by atoms with Crippen LogP contribution in [0.25, 0.3) is 0 Å². The van der Waals surface area contributed by atoms with Crippen molar-refractivity contribution in [2.24, 2.45) is 17.3 Å². The Morgan fingerprint density at radius 1 is 1.41 bits per heavy atom. The molecule has 3 aliphatic rings. The molecule has 0 spiro atoms. The minimum absolute atomic E-state index is 0.199. The first-order chi connectivity index (χ1) is 8.03. The van der Waals surface area contributed by atoms with Gasteiger partial charge >= 0.3 is 5.97 Å². The van der Waals surface area contributed by atoms with Crippen molar-refractivity contribution in [2.75, 3.05) is 6.54 Å². The third kappa shape index (κ3) is 1.70. The molecule has 1 aliphatic heterocycles. The average Bonchev–Trinajstić information content (AvgIpc) is 2.74. The molecule has 17 heavy (non-hydrogen) atoms. The molecule has 0 aromatic carbocycles. The van der Waals surface area contributed by atoms with E-state index in [0.29, 0.717) is 23.3 Å². The second-order valence-electron chi connectivity index (χ2n) is 6.66. The van der Waals surface area contributed by atoms with Gasteiger partial charge in [0.25, 0.3) is 0 Å². The van der Waals surface area contributed by atoms with Crippen LogP contribution in [-0.2, 0) is 4.79 Å². The number of carboxylic acids is 1. The minimum Gasteiger partial charge on any atom is -0.480 e. The number of nitrogens with zero attached hydrogens (tertiary/aromatic N) is 1. The molecule has 0 amide bonds. The Hall–Kier alpha value is -0.570. The predicted molar refractivity (Wildman–Crippen MR) is 65.8 cm³/mol. The highest BCUT2D eigenvalue weighted by atomic mass is 16.4. The molecule has 3 heteroatoms. The Balaban J connectivity index is 1.81. The number of rotatable bonds is 3. The highest BCUT2D eigenvalue weighted by Gasteiger charge is 2.54. The number of carbonyl (C=O) groups is 1. The summed E-state index contributed by atoms with van der Waals surface area (Å²) in [5.74, 6) is 0.494. The van der Waals surface area contributed by atoms with E-state index < -0.39 is 5.97 Å². The number of hydrogen-bond donors (Lipinski definition) is 1. The summed E-state index contributed by atoms with van der Waals surface area (Å²) in [7, 11) is 0. The van der Waals surface area contributed by atoms with E-state index in [1.54, 1.807) is 0 Å². The molecule has 96 valence electrons. The summed E-state index contributed by atoms with van der Waals surface area (Å²) in [5.41, 5.74) is 0.395. The van der Waals surface area contributed by atoms with Gasteiger partial charge in [-0.25, -0.2) is 0 Å². The molecular formula is C14H23NO2. The van der Waals surface area contributed by atoms with Gasteiger partial charge in [-0.05, 0) is 49.9 Å².